The molecule has 0 atom stereocenters. The molecular formula is C13H18Cl2N2O3. The summed E-state index contributed by atoms with van der Waals surface area (Å²) < 4.78 is 5.29. The molecule has 1 heterocycles. The van der Waals surface area contributed by atoms with Crippen molar-refractivity contribution in [1.82, 2.24) is 10.2 Å². The van der Waals surface area contributed by atoms with Crippen molar-refractivity contribution in [1.29, 1.82) is 0 Å². The van der Waals surface area contributed by atoms with E-state index in [0.29, 0.717) is 10.8 Å². The van der Waals surface area contributed by atoms with E-state index in [0.717, 1.165) is 38.3 Å². The van der Waals surface area contributed by atoms with Crippen molar-refractivity contribution >= 4 is 30.0 Å². The number of nitrogens with zero attached hydrogens (tertiary/aromatic N) is 1. The second-order valence-electron chi connectivity index (χ2n) is 4.46. The van der Waals surface area contributed by atoms with Crippen LogP contribution in [-0.4, -0.2) is 48.8 Å². The lowest BCUT2D eigenvalue weighted by atomic mass is 10.1. The maximum atomic E-state index is 10.6. The van der Waals surface area contributed by atoms with Gasteiger partial charge in [-0.1, -0.05) is 17.7 Å². The van der Waals surface area contributed by atoms with Crippen LogP contribution in [0.3, 0.4) is 0 Å². The molecule has 7 heteroatoms. The van der Waals surface area contributed by atoms with Gasteiger partial charge in [-0.25, -0.2) is 4.79 Å². The van der Waals surface area contributed by atoms with E-state index < -0.39 is 5.97 Å². The molecule has 0 radical (unpaired) electrons. The molecule has 2 rings (SSSR count). The number of piperazine rings is 1. The van der Waals surface area contributed by atoms with E-state index in [1.165, 1.54) is 0 Å². The first-order valence-corrected chi connectivity index (χ1v) is 6.59. The molecule has 20 heavy (non-hydrogen) atoms. The van der Waals surface area contributed by atoms with Crippen molar-refractivity contribution in [3.05, 3.63) is 28.8 Å². The first-order valence-electron chi connectivity index (χ1n) is 6.21. The molecule has 5 nitrogen and oxygen atoms in total. The molecule has 0 aliphatic carbocycles. The number of aliphatic carboxylic acids is 1. The lowest BCUT2D eigenvalue weighted by molar-refractivity contribution is -0.139. The standard InChI is InChI=1S/C13H17ClN2O3.ClH/c14-11-2-1-10(8-16-5-3-15-4-6-16)12(7-11)19-9-13(17)18;/h1-2,7,15H,3-6,8-9H2,(H,17,18);1H. The molecule has 0 bridgehead atoms. The monoisotopic (exact) mass is 320 g/mol. The molecular weight excluding hydrogens is 303 g/mol. The highest BCUT2D eigenvalue weighted by atomic mass is 35.5. The molecule has 0 spiro atoms. The van der Waals surface area contributed by atoms with E-state index in [2.05, 4.69) is 10.2 Å². The van der Waals surface area contributed by atoms with Crippen molar-refractivity contribution in [2.24, 2.45) is 0 Å². The highest BCUT2D eigenvalue weighted by molar-refractivity contribution is 6.30. The summed E-state index contributed by atoms with van der Waals surface area (Å²) in [5.74, 6) is -0.443. The lowest BCUT2D eigenvalue weighted by Crippen LogP contribution is -2.42. The topological polar surface area (TPSA) is 61.8 Å². The Bertz CT molecular complexity index is 451. The third-order valence-corrected chi connectivity index (χ3v) is 3.22. The normalized spacial score (nSPS) is 15.4. The van der Waals surface area contributed by atoms with Gasteiger partial charge in [-0.15, -0.1) is 12.4 Å². The number of hydrogen-bond acceptors (Lipinski definition) is 4. The summed E-state index contributed by atoms with van der Waals surface area (Å²) in [6.45, 7) is 4.28. The first-order chi connectivity index (χ1) is 9.15. The molecule has 1 aliphatic rings. The Balaban J connectivity index is 0.00000200. The van der Waals surface area contributed by atoms with Gasteiger partial charge in [0.1, 0.15) is 5.75 Å². The van der Waals surface area contributed by atoms with E-state index >= 15 is 0 Å². The fourth-order valence-corrected chi connectivity index (χ4v) is 2.21. The molecule has 0 amide bonds. The number of ether oxygens (including phenoxy) is 1. The maximum Gasteiger partial charge on any atom is 0.341 e. The van der Waals surface area contributed by atoms with Gasteiger partial charge in [0.25, 0.3) is 0 Å². The fourth-order valence-electron chi connectivity index (χ4n) is 2.04. The predicted molar refractivity (Wildman–Crippen MR) is 80.0 cm³/mol. The van der Waals surface area contributed by atoms with Gasteiger partial charge in [-0.2, -0.15) is 0 Å². The zero-order valence-electron chi connectivity index (χ0n) is 11.0. The average Bonchev–Trinajstić information content (AvgIpc) is 2.40. The van der Waals surface area contributed by atoms with Gasteiger partial charge in [0, 0.05) is 43.3 Å². The van der Waals surface area contributed by atoms with E-state index in [9.17, 15) is 4.79 Å². The third kappa shape index (κ3) is 5.17. The first kappa shape index (κ1) is 17.0. The molecule has 0 unspecified atom stereocenters. The minimum absolute atomic E-state index is 0. The van der Waals surface area contributed by atoms with Crippen molar-refractivity contribution in [3.63, 3.8) is 0 Å². The van der Waals surface area contributed by atoms with Gasteiger partial charge in [-0.05, 0) is 12.1 Å². The molecule has 1 saturated heterocycles. The average molecular weight is 321 g/mol. The summed E-state index contributed by atoms with van der Waals surface area (Å²) in [6.07, 6.45) is 0. The van der Waals surface area contributed by atoms with Gasteiger partial charge in [-0.3, -0.25) is 4.90 Å². The van der Waals surface area contributed by atoms with Crippen LogP contribution in [0.1, 0.15) is 5.56 Å². The SMILES string of the molecule is Cl.O=C(O)COc1cc(Cl)ccc1CN1CCNCC1. The van der Waals surface area contributed by atoms with Crippen molar-refractivity contribution in [2.45, 2.75) is 6.54 Å². The van der Waals surface area contributed by atoms with Crippen molar-refractivity contribution in [3.8, 4) is 5.75 Å². The molecule has 1 aromatic carbocycles. The Kier molecular flexibility index (Phi) is 7.09. The summed E-state index contributed by atoms with van der Waals surface area (Å²) in [6, 6.07) is 5.36. The molecule has 2 N–H and O–H groups in total. The molecule has 1 fully saturated rings. The third-order valence-electron chi connectivity index (χ3n) is 2.98. The number of hydrogen-bond donors (Lipinski definition) is 2. The van der Waals surface area contributed by atoms with Crippen LogP contribution in [0.4, 0.5) is 0 Å². The van der Waals surface area contributed by atoms with Crippen LogP contribution in [0.2, 0.25) is 5.02 Å². The van der Waals surface area contributed by atoms with Crippen LogP contribution >= 0.6 is 24.0 Å². The van der Waals surface area contributed by atoms with Gasteiger partial charge >= 0.3 is 5.97 Å². The zero-order valence-corrected chi connectivity index (χ0v) is 12.5. The second kappa shape index (κ2) is 8.32. The predicted octanol–water partition coefficient (Wildman–Crippen LogP) is 1.63. The quantitative estimate of drug-likeness (QED) is 0.863. The van der Waals surface area contributed by atoms with Crippen molar-refractivity contribution < 1.29 is 14.6 Å². The van der Waals surface area contributed by atoms with E-state index in [4.69, 9.17) is 21.4 Å². The Labute approximate surface area is 129 Å². The van der Waals surface area contributed by atoms with E-state index in [1.807, 2.05) is 6.07 Å². The number of halogens is 2. The number of rotatable bonds is 5. The molecule has 1 aliphatic heterocycles. The van der Waals surface area contributed by atoms with Crippen molar-refractivity contribution in [2.75, 3.05) is 32.8 Å². The Hall–Kier alpha value is -1.01. The van der Waals surface area contributed by atoms with Crippen LogP contribution < -0.4 is 10.1 Å². The van der Waals surface area contributed by atoms with Crippen LogP contribution in [0.15, 0.2) is 18.2 Å². The van der Waals surface area contributed by atoms with Gasteiger partial charge < -0.3 is 15.2 Å². The number of carbonyl (C=O) groups is 1. The van der Waals surface area contributed by atoms with Crippen LogP contribution in [0.5, 0.6) is 5.75 Å². The molecule has 1 aromatic rings. The molecule has 112 valence electrons. The summed E-state index contributed by atoms with van der Waals surface area (Å²) in [4.78, 5) is 12.9. The van der Waals surface area contributed by atoms with E-state index in [1.54, 1.807) is 12.1 Å². The van der Waals surface area contributed by atoms with Gasteiger partial charge in [0.15, 0.2) is 6.61 Å². The Morgan fingerprint density at radius 1 is 1.40 bits per heavy atom. The maximum absolute atomic E-state index is 10.6. The highest BCUT2D eigenvalue weighted by Gasteiger charge is 2.13. The van der Waals surface area contributed by atoms with Gasteiger partial charge in [0.05, 0.1) is 0 Å². The summed E-state index contributed by atoms with van der Waals surface area (Å²) in [5, 5.41) is 12.5. The number of carboxylic acids is 1. The lowest BCUT2D eigenvalue weighted by Gasteiger charge is -2.27. The second-order valence-corrected chi connectivity index (χ2v) is 4.90. The van der Waals surface area contributed by atoms with Gasteiger partial charge in [0.2, 0.25) is 0 Å². The largest absolute Gasteiger partial charge is 0.482 e. The summed E-state index contributed by atoms with van der Waals surface area (Å²) in [5.41, 5.74) is 0.965. The minimum Gasteiger partial charge on any atom is -0.482 e. The van der Waals surface area contributed by atoms with Crippen LogP contribution in [-0.2, 0) is 11.3 Å². The smallest absolute Gasteiger partial charge is 0.341 e. The number of benzene rings is 1. The number of nitrogens with one attached hydrogen (secondary N) is 1. The Morgan fingerprint density at radius 2 is 2.10 bits per heavy atom. The minimum atomic E-state index is -0.993. The molecule has 0 aromatic heterocycles. The summed E-state index contributed by atoms with van der Waals surface area (Å²) in [7, 11) is 0. The molecule has 0 saturated carbocycles. The fraction of sp³-hybridized carbons (Fsp3) is 0.462. The number of carboxylic acid groups (broad SMARTS) is 1. The van der Waals surface area contributed by atoms with Crippen LogP contribution in [0, 0.1) is 0 Å². The highest BCUT2D eigenvalue weighted by Crippen LogP contribution is 2.25. The zero-order chi connectivity index (χ0) is 13.7. The van der Waals surface area contributed by atoms with Crippen LogP contribution in [0.25, 0.3) is 0 Å². The summed E-state index contributed by atoms with van der Waals surface area (Å²) >= 11 is 5.92. The Morgan fingerprint density at radius 3 is 2.75 bits per heavy atom. The van der Waals surface area contributed by atoms with E-state index in [-0.39, 0.29) is 19.0 Å².